The molecule has 2 aromatic carbocycles. The van der Waals surface area contributed by atoms with Gasteiger partial charge < -0.3 is 0 Å². The molecule has 4 rings (SSSR count). The molecule has 150 valence electrons. The van der Waals surface area contributed by atoms with Gasteiger partial charge in [-0.15, -0.1) is 11.3 Å². The fraction of sp³-hybridized carbons (Fsp3) is 0.238. The number of carbonyl (C=O) groups is 1. The second kappa shape index (κ2) is 8.34. The number of hydrogen-bond acceptors (Lipinski definition) is 5. The molecular formula is C21H21N3O3S2. The molecule has 0 saturated carbocycles. The van der Waals surface area contributed by atoms with E-state index in [1.165, 1.54) is 29.9 Å². The van der Waals surface area contributed by atoms with E-state index in [0.29, 0.717) is 16.4 Å². The fourth-order valence-electron chi connectivity index (χ4n) is 3.25. The van der Waals surface area contributed by atoms with Crippen LogP contribution in [0.25, 0.3) is 0 Å². The van der Waals surface area contributed by atoms with Crippen LogP contribution in [0.5, 0.6) is 0 Å². The van der Waals surface area contributed by atoms with Gasteiger partial charge >= 0.3 is 0 Å². The van der Waals surface area contributed by atoms with E-state index in [9.17, 15) is 13.2 Å². The van der Waals surface area contributed by atoms with E-state index in [0.717, 1.165) is 25.0 Å². The van der Waals surface area contributed by atoms with Gasteiger partial charge in [0.1, 0.15) is 0 Å². The molecular weight excluding hydrogens is 406 g/mol. The lowest BCUT2D eigenvalue weighted by Gasteiger charge is -2.08. The first-order chi connectivity index (χ1) is 14.0. The van der Waals surface area contributed by atoms with E-state index in [4.69, 9.17) is 0 Å². The van der Waals surface area contributed by atoms with Gasteiger partial charge in [-0.25, -0.2) is 13.4 Å². The topological polar surface area (TPSA) is 88.2 Å². The van der Waals surface area contributed by atoms with Crippen molar-refractivity contribution in [2.75, 3.05) is 10.0 Å². The molecule has 2 N–H and O–H groups in total. The average molecular weight is 428 g/mol. The molecule has 8 heteroatoms. The van der Waals surface area contributed by atoms with Gasteiger partial charge in [0, 0.05) is 16.1 Å². The molecule has 1 amide bonds. The molecule has 3 aromatic rings. The summed E-state index contributed by atoms with van der Waals surface area (Å²) in [6, 6.07) is 14.5. The Morgan fingerprint density at radius 3 is 2.41 bits per heavy atom. The summed E-state index contributed by atoms with van der Waals surface area (Å²) in [6.07, 6.45) is 5.54. The highest BCUT2D eigenvalue weighted by atomic mass is 32.2. The van der Waals surface area contributed by atoms with Crippen LogP contribution in [-0.2, 0) is 22.9 Å². The second-order valence-corrected chi connectivity index (χ2v) is 9.67. The van der Waals surface area contributed by atoms with Crippen LogP contribution in [0.4, 0.5) is 10.8 Å². The van der Waals surface area contributed by atoms with Crippen molar-refractivity contribution in [2.45, 2.75) is 37.0 Å². The second-order valence-electron chi connectivity index (χ2n) is 6.90. The highest BCUT2D eigenvalue weighted by Crippen LogP contribution is 2.29. The maximum Gasteiger partial charge on any atom is 0.261 e. The van der Waals surface area contributed by atoms with Crippen LogP contribution in [0.2, 0.25) is 0 Å². The molecule has 0 unspecified atom stereocenters. The number of rotatable bonds is 5. The number of fused-ring (bicyclic) bond motifs is 1. The summed E-state index contributed by atoms with van der Waals surface area (Å²) >= 11 is 1.55. The van der Waals surface area contributed by atoms with Crippen molar-refractivity contribution in [3.63, 3.8) is 0 Å². The first kappa shape index (κ1) is 19.6. The molecule has 0 spiro atoms. The Morgan fingerprint density at radius 2 is 1.66 bits per heavy atom. The molecule has 1 aromatic heterocycles. The number of aryl methyl sites for hydroxylation is 2. The molecule has 0 saturated heterocycles. The van der Waals surface area contributed by atoms with E-state index in [1.54, 1.807) is 53.8 Å². The van der Waals surface area contributed by atoms with Crippen LogP contribution >= 0.6 is 11.3 Å². The van der Waals surface area contributed by atoms with Gasteiger partial charge in [-0.2, -0.15) is 0 Å². The fourth-order valence-corrected chi connectivity index (χ4v) is 5.38. The number of hydrogen-bond donors (Lipinski definition) is 2. The molecule has 0 bridgehead atoms. The number of benzene rings is 2. The van der Waals surface area contributed by atoms with Crippen LogP contribution in [-0.4, -0.2) is 19.3 Å². The van der Waals surface area contributed by atoms with Crippen molar-refractivity contribution in [2.24, 2.45) is 0 Å². The molecule has 0 aliphatic heterocycles. The third kappa shape index (κ3) is 4.65. The minimum atomic E-state index is -3.66. The zero-order valence-corrected chi connectivity index (χ0v) is 17.4. The number of sulfonamides is 1. The summed E-state index contributed by atoms with van der Waals surface area (Å²) in [5.74, 6) is -0.258. The minimum absolute atomic E-state index is 0.186. The quantitative estimate of drug-likeness (QED) is 0.588. The van der Waals surface area contributed by atoms with Crippen LogP contribution in [0.1, 0.15) is 40.2 Å². The molecule has 29 heavy (non-hydrogen) atoms. The Kier molecular flexibility index (Phi) is 5.64. The average Bonchev–Trinajstić information content (AvgIpc) is 2.96. The van der Waals surface area contributed by atoms with Gasteiger partial charge in [0.15, 0.2) is 5.13 Å². The molecule has 1 aliphatic carbocycles. The maximum absolute atomic E-state index is 12.5. The predicted octanol–water partition coefficient (Wildman–Crippen LogP) is 4.47. The Balaban J connectivity index is 1.43. The van der Waals surface area contributed by atoms with Gasteiger partial charge in [-0.3, -0.25) is 14.8 Å². The smallest absolute Gasteiger partial charge is 0.261 e. The molecule has 1 heterocycles. The van der Waals surface area contributed by atoms with Crippen LogP contribution < -0.4 is 10.0 Å². The lowest BCUT2D eigenvalue weighted by Crippen LogP contribution is -2.14. The first-order valence-electron chi connectivity index (χ1n) is 9.49. The van der Waals surface area contributed by atoms with Crippen molar-refractivity contribution < 1.29 is 13.2 Å². The standard InChI is InChI=1S/C21H21N3O3S2/c25-20(23-21-22-18-9-5-2-6-10-19(18)28-21)15-11-13-16(14-12-15)24-29(26,27)17-7-3-1-4-8-17/h1,3-4,7-8,11-14,24H,2,5-6,9-10H2,(H,22,23,25). The largest absolute Gasteiger partial charge is 0.298 e. The van der Waals surface area contributed by atoms with Crippen LogP contribution in [0.15, 0.2) is 59.5 Å². The Bertz CT molecular complexity index is 1080. The zero-order valence-electron chi connectivity index (χ0n) is 15.7. The van der Waals surface area contributed by atoms with E-state index in [-0.39, 0.29) is 10.8 Å². The molecule has 0 atom stereocenters. The van der Waals surface area contributed by atoms with Crippen molar-refractivity contribution in [3.05, 3.63) is 70.7 Å². The lowest BCUT2D eigenvalue weighted by molar-refractivity contribution is 0.102. The van der Waals surface area contributed by atoms with E-state index in [1.807, 2.05) is 0 Å². The van der Waals surface area contributed by atoms with Gasteiger partial charge in [0.05, 0.1) is 10.6 Å². The Labute approximate surface area is 174 Å². The van der Waals surface area contributed by atoms with E-state index in [2.05, 4.69) is 15.0 Å². The van der Waals surface area contributed by atoms with Gasteiger partial charge in [-0.05, 0) is 62.1 Å². The van der Waals surface area contributed by atoms with Crippen LogP contribution in [0.3, 0.4) is 0 Å². The number of nitrogens with zero attached hydrogens (tertiary/aromatic N) is 1. The highest BCUT2D eigenvalue weighted by molar-refractivity contribution is 7.92. The van der Waals surface area contributed by atoms with Gasteiger partial charge in [0.25, 0.3) is 15.9 Å². The van der Waals surface area contributed by atoms with E-state index < -0.39 is 10.0 Å². The molecule has 0 radical (unpaired) electrons. The minimum Gasteiger partial charge on any atom is -0.298 e. The number of carbonyl (C=O) groups excluding carboxylic acids is 1. The number of thiazole rings is 1. The first-order valence-corrected chi connectivity index (χ1v) is 11.8. The third-order valence-electron chi connectivity index (χ3n) is 4.77. The SMILES string of the molecule is O=C(Nc1nc2c(s1)CCCCC2)c1ccc(NS(=O)(=O)c2ccccc2)cc1. The lowest BCUT2D eigenvalue weighted by atomic mass is 10.2. The monoisotopic (exact) mass is 427 g/mol. The maximum atomic E-state index is 12.5. The van der Waals surface area contributed by atoms with E-state index >= 15 is 0 Å². The van der Waals surface area contributed by atoms with Crippen molar-refractivity contribution in [1.29, 1.82) is 0 Å². The summed E-state index contributed by atoms with van der Waals surface area (Å²) in [5.41, 5.74) is 1.94. The normalized spacial score (nSPS) is 13.9. The summed E-state index contributed by atoms with van der Waals surface area (Å²) in [5, 5.41) is 3.48. The summed E-state index contributed by atoms with van der Waals surface area (Å²) < 4.78 is 27.3. The molecule has 0 fully saturated rings. The number of amides is 1. The van der Waals surface area contributed by atoms with Crippen molar-refractivity contribution in [3.8, 4) is 0 Å². The highest BCUT2D eigenvalue weighted by Gasteiger charge is 2.17. The van der Waals surface area contributed by atoms with Gasteiger partial charge in [0.2, 0.25) is 0 Å². The van der Waals surface area contributed by atoms with Crippen molar-refractivity contribution >= 4 is 38.1 Å². The van der Waals surface area contributed by atoms with Gasteiger partial charge in [-0.1, -0.05) is 24.6 Å². The summed E-state index contributed by atoms with van der Waals surface area (Å²) in [6.45, 7) is 0. The number of aromatic nitrogens is 1. The summed E-state index contributed by atoms with van der Waals surface area (Å²) in [7, 11) is -3.66. The number of anilines is 2. The number of nitrogens with one attached hydrogen (secondary N) is 2. The molecule has 1 aliphatic rings. The molecule has 6 nitrogen and oxygen atoms in total. The van der Waals surface area contributed by atoms with Crippen LogP contribution in [0, 0.1) is 0 Å². The predicted molar refractivity (Wildman–Crippen MR) is 115 cm³/mol. The van der Waals surface area contributed by atoms with Crippen molar-refractivity contribution in [1.82, 2.24) is 4.98 Å². The summed E-state index contributed by atoms with van der Waals surface area (Å²) in [4.78, 5) is 18.6. The third-order valence-corrected chi connectivity index (χ3v) is 7.24. The Morgan fingerprint density at radius 1 is 0.931 bits per heavy atom. The zero-order chi connectivity index (χ0) is 20.3. The Hall–Kier alpha value is -2.71.